The predicted octanol–water partition coefficient (Wildman–Crippen LogP) is 3.63. The Kier molecular flexibility index (Phi) is 5.45. The zero-order valence-electron chi connectivity index (χ0n) is 17.8. The molecule has 1 aliphatic rings. The van der Waals surface area contributed by atoms with Crippen LogP contribution in [0, 0.1) is 5.82 Å². The second kappa shape index (κ2) is 8.55. The number of fused-ring (bicyclic) bond motifs is 1. The minimum atomic E-state index is -0.229. The summed E-state index contributed by atoms with van der Waals surface area (Å²) < 4.78 is 13.4. The van der Waals surface area contributed by atoms with Gasteiger partial charge in [0.1, 0.15) is 11.6 Å². The van der Waals surface area contributed by atoms with Gasteiger partial charge in [0.25, 0.3) is 5.56 Å². The highest BCUT2D eigenvalue weighted by molar-refractivity contribution is 5.74. The summed E-state index contributed by atoms with van der Waals surface area (Å²) in [5.74, 6) is 1.26. The first-order valence-corrected chi connectivity index (χ1v) is 10.8. The Morgan fingerprint density at radius 1 is 1.12 bits per heavy atom. The van der Waals surface area contributed by atoms with Crippen molar-refractivity contribution in [1.29, 1.82) is 0 Å². The number of anilines is 1. The van der Waals surface area contributed by atoms with E-state index < -0.39 is 0 Å². The first kappa shape index (κ1) is 20.4. The van der Waals surface area contributed by atoms with Gasteiger partial charge in [-0.15, -0.1) is 0 Å². The average Bonchev–Trinajstić information content (AvgIpc) is 3.24. The molecule has 0 amide bonds. The van der Waals surface area contributed by atoms with E-state index in [0.29, 0.717) is 12.5 Å². The third kappa shape index (κ3) is 4.13. The zero-order chi connectivity index (χ0) is 22.1. The maximum Gasteiger partial charge on any atom is 0.252 e. The molecule has 32 heavy (non-hydrogen) atoms. The molecule has 3 heterocycles. The van der Waals surface area contributed by atoms with Crippen LogP contribution in [-0.4, -0.2) is 44.5 Å². The second-order valence-corrected chi connectivity index (χ2v) is 8.30. The number of piperidine rings is 1. The molecule has 2 N–H and O–H groups in total. The van der Waals surface area contributed by atoms with Crippen molar-refractivity contribution in [1.82, 2.24) is 24.8 Å². The number of hydrogen-bond donors (Lipinski definition) is 2. The normalized spacial score (nSPS) is 19.3. The summed E-state index contributed by atoms with van der Waals surface area (Å²) in [5, 5.41) is 0. The molecule has 2 atom stereocenters. The molecule has 5 rings (SSSR count). The Morgan fingerprint density at radius 3 is 2.72 bits per heavy atom. The van der Waals surface area contributed by atoms with Crippen LogP contribution < -0.4 is 10.5 Å². The van der Waals surface area contributed by atoms with E-state index in [1.54, 1.807) is 0 Å². The number of para-hydroxylation sites is 2. The third-order valence-corrected chi connectivity index (χ3v) is 6.25. The highest BCUT2D eigenvalue weighted by Gasteiger charge is 2.34. The summed E-state index contributed by atoms with van der Waals surface area (Å²) in [4.78, 5) is 31.7. The largest absolute Gasteiger partial charge is 0.342 e. The van der Waals surface area contributed by atoms with E-state index in [4.69, 9.17) is 4.98 Å². The van der Waals surface area contributed by atoms with Crippen LogP contribution in [0.15, 0.2) is 65.6 Å². The summed E-state index contributed by atoms with van der Waals surface area (Å²) in [6, 6.07) is 16.3. The SMILES string of the molecule is CN(c1nccc(=O)[nH]1)C1CCN(Cc2ccc(F)cc2)C(c2nc3ccccc3[nH]2)C1. The fourth-order valence-corrected chi connectivity index (χ4v) is 4.49. The molecule has 1 saturated heterocycles. The number of aromatic amines is 2. The number of halogens is 1. The molecule has 1 fully saturated rings. The van der Waals surface area contributed by atoms with Gasteiger partial charge in [-0.25, -0.2) is 14.4 Å². The van der Waals surface area contributed by atoms with Crippen LogP contribution in [0.2, 0.25) is 0 Å². The van der Waals surface area contributed by atoms with E-state index in [1.807, 2.05) is 48.3 Å². The number of benzene rings is 2. The molecule has 0 spiro atoms. The Hall–Kier alpha value is -3.52. The van der Waals surface area contributed by atoms with Gasteiger partial charge in [0.05, 0.1) is 17.1 Å². The average molecular weight is 433 g/mol. The quantitative estimate of drug-likeness (QED) is 0.503. The van der Waals surface area contributed by atoms with Crippen LogP contribution in [0.25, 0.3) is 11.0 Å². The maximum atomic E-state index is 13.4. The van der Waals surface area contributed by atoms with Crippen molar-refractivity contribution in [2.45, 2.75) is 31.5 Å². The van der Waals surface area contributed by atoms with E-state index in [9.17, 15) is 9.18 Å². The molecular weight excluding hydrogens is 407 g/mol. The van der Waals surface area contributed by atoms with Crippen molar-refractivity contribution in [2.24, 2.45) is 0 Å². The fraction of sp³-hybridized carbons (Fsp3) is 0.292. The lowest BCUT2D eigenvalue weighted by atomic mass is 9.95. The molecule has 1 aliphatic heterocycles. The molecule has 7 nitrogen and oxygen atoms in total. The predicted molar refractivity (Wildman–Crippen MR) is 122 cm³/mol. The number of imidazole rings is 1. The standard InChI is InChI=1S/C24H25FN6O/c1-30(24-26-12-10-22(32)29-24)18-11-13-31(15-16-6-8-17(25)9-7-16)21(14-18)23-27-19-4-2-3-5-20(19)28-23/h2-10,12,18,21H,11,13-15H2,1H3,(H,27,28)(H,26,29,32). The van der Waals surface area contributed by atoms with Crippen LogP contribution in [-0.2, 0) is 6.54 Å². The van der Waals surface area contributed by atoms with Crippen LogP contribution >= 0.6 is 0 Å². The number of nitrogens with zero attached hydrogens (tertiary/aromatic N) is 4. The van der Waals surface area contributed by atoms with Gasteiger partial charge in [0.2, 0.25) is 5.95 Å². The van der Waals surface area contributed by atoms with Gasteiger partial charge in [-0.3, -0.25) is 14.7 Å². The monoisotopic (exact) mass is 432 g/mol. The van der Waals surface area contributed by atoms with Crippen molar-refractivity contribution in [3.8, 4) is 0 Å². The molecule has 2 aromatic heterocycles. The van der Waals surface area contributed by atoms with Crippen molar-refractivity contribution < 1.29 is 4.39 Å². The Balaban J connectivity index is 1.45. The molecule has 2 unspecified atom stereocenters. The van der Waals surface area contributed by atoms with E-state index >= 15 is 0 Å². The summed E-state index contributed by atoms with van der Waals surface area (Å²) in [5.41, 5.74) is 2.85. The van der Waals surface area contributed by atoms with Gasteiger partial charge in [-0.1, -0.05) is 24.3 Å². The van der Waals surface area contributed by atoms with Crippen molar-refractivity contribution in [3.63, 3.8) is 0 Å². The lowest BCUT2D eigenvalue weighted by Gasteiger charge is -2.41. The highest BCUT2D eigenvalue weighted by Crippen LogP contribution is 2.34. The molecule has 0 saturated carbocycles. The number of hydrogen-bond acceptors (Lipinski definition) is 5. The number of likely N-dealkylation sites (tertiary alicyclic amines) is 1. The minimum absolute atomic E-state index is 0.0455. The van der Waals surface area contributed by atoms with Gasteiger partial charge < -0.3 is 9.88 Å². The van der Waals surface area contributed by atoms with Crippen LogP contribution in [0.1, 0.15) is 30.3 Å². The van der Waals surface area contributed by atoms with E-state index in [-0.39, 0.29) is 23.5 Å². The number of rotatable bonds is 5. The minimum Gasteiger partial charge on any atom is -0.342 e. The molecule has 0 aliphatic carbocycles. The highest BCUT2D eigenvalue weighted by atomic mass is 19.1. The number of H-pyrrole nitrogens is 2. The smallest absolute Gasteiger partial charge is 0.252 e. The van der Waals surface area contributed by atoms with Crippen molar-refractivity contribution >= 4 is 17.0 Å². The van der Waals surface area contributed by atoms with Gasteiger partial charge in [-0.2, -0.15) is 0 Å². The zero-order valence-corrected chi connectivity index (χ0v) is 17.8. The van der Waals surface area contributed by atoms with Gasteiger partial charge >= 0.3 is 0 Å². The topological polar surface area (TPSA) is 80.9 Å². The van der Waals surface area contributed by atoms with Gasteiger partial charge in [0, 0.05) is 38.4 Å². The van der Waals surface area contributed by atoms with Crippen LogP contribution in [0.3, 0.4) is 0 Å². The van der Waals surface area contributed by atoms with Crippen LogP contribution in [0.5, 0.6) is 0 Å². The van der Waals surface area contributed by atoms with E-state index in [2.05, 4.69) is 19.9 Å². The lowest BCUT2D eigenvalue weighted by Crippen LogP contribution is -2.46. The van der Waals surface area contributed by atoms with Crippen molar-refractivity contribution in [2.75, 3.05) is 18.5 Å². The van der Waals surface area contributed by atoms with E-state index in [0.717, 1.165) is 41.8 Å². The molecule has 8 heteroatoms. The molecular formula is C24H25FN6O. The van der Waals surface area contributed by atoms with Gasteiger partial charge in [0.15, 0.2) is 0 Å². The van der Waals surface area contributed by atoms with Gasteiger partial charge in [-0.05, 0) is 42.7 Å². The summed E-state index contributed by atoms with van der Waals surface area (Å²) in [6.45, 7) is 1.55. The maximum absolute atomic E-state index is 13.4. The summed E-state index contributed by atoms with van der Waals surface area (Å²) in [6.07, 6.45) is 3.26. The van der Waals surface area contributed by atoms with Crippen molar-refractivity contribution in [3.05, 3.63) is 88.4 Å². The molecule has 164 valence electrons. The lowest BCUT2D eigenvalue weighted by molar-refractivity contribution is 0.120. The first-order chi connectivity index (χ1) is 15.6. The summed E-state index contributed by atoms with van der Waals surface area (Å²) >= 11 is 0. The van der Waals surface area contributed by atoms with E-state index in [1.165, 1.54) is 24.4 Å². The molecule has 4 aromatic rings. The molecule has 2 aromatic carbocycles. The molecule has 0 radical (unpaired) electrons. The molecule has 0 bridgehead atoms. The Bertz CT molecular complexity index is 1230. The Morgan fingerprint density at radius 2 is 1.94 bits per heavy atom. The summed E-state index contributed by atoms with van der Waals surface area (Å²) in [7, 11) is 1.97. The second-order valence-electron chi connectivity index (χ2n) is 8.30. The Labute approximate surface area is 184 Å². The third-order valence-electron chi connectivity index (χ3n) is 6.25. The fourth-order valence-electron chi connectivity index (χ4n) is 4.49. The number of aromatic nitrogens is 4. The van der Waals surface area contributed by atoms with Crippen LogP contribution in [0.4, 0.5) is 10.3 Å². The number of nitrogens with one attached hydrogen (secondary N) is 2. The first-order valence-electron chi connectivity index (χ1n) is 10.8.